The molecule has 0 bridgehead atoms. The Bertz CT molecular complexity index is 803. The van der Waals surface area contributed by atoms with Crippen LogP contribution in [0.1, 0.15) is 82.2 Å². The lowest BCUT2D eigenvalue weighted by atomic mass is 9.63. The van der Waals surface area contributed by atoms with Gasteiger partial charge in [0.2, 0.25) is 0 Å². The van der Waals surface area contributed by atoms with Crippen LogP contribution in [0.25, 0.3) is 11.6 Å². The molecule has 0 saturated carbocycles. The van der Waals surface area contributed by atoms with E-state index < -0.39 is 0 Å². The number of hydrogen-bond acceptors (Lipinski definition) is 0. The lowest BCUT2D eigenvalue weighted by molar-refractivity contribution is 0.332. The summed E-state index contributed by atoms with van der Waals surface area (Å²) < 4.78 is 0. The summed E-state index contributed by atoms with van der Waals surface area (Å²) >= 11 is 0. The molecule has 0 heterocycles. The summed E-state index contributed by atoms with van der Waals surface area (Å²) in [7, 11) is 0. The molecule has 0 unspecified atom stereocenters. The molecule has 0 atom stereocenters. The Morgan fingerprint density at radius 3 is 2.28 bits per heavy atom. The first-order valence-corrected chi connectivity index (χ1v) is 9.65. The molecule has 0 aromatic heterocycles. The van der Waals surface area contributed by atoms with Crippen molar-refractivity contribution in [2.24, 2.45) is 0 Å². The van der Waals surface area contributed by atoms with Gasteiger partial charge in [0.1, 0.15) is 0 Å². The third-order valence-corrected chi connectivity index (χ3v) is 6.05. The zero-order valence-electron chi connectivity index (χ0n) is 16.7. The molecule has 25 heavy (non-hydrogen) atoms. The van der Waals surface area contributed by atoms with E-state index in [2.05, 4.69) is 90.1 Å². The highest BCUT2D eigenvalue weighted by Crippen LogP contribution is 2.46. The van der Waals surface area contributed by atoms with Gasteiger partial charge in [-0.2, -0.15) is 0 Å². The summed E-state index contributed by atoms with van der Waals surface area (Å²) in [5.41, 5.74) is 9.02. The van der Waals surface area contributed by atoms with E-state index in [1.54, 1.807) is 0 Å². The lowest BCUT2D eigenvalue weighted by Gasteiger charge is -2.42. The van der Waals surface area contributed by atoms with E-state index in [0.29, 0.717) is 0 Å². The predicted octanol–water partition coefficient (Wildman–Crippen LogP) is 7.16. The predicted molar refractivity (Wildman–Crippen MR) is 111 cm³/mol. The highest BCUT2D eigenvalue weighted by molar-refractivity contribution is 5.81. The number of benzene rings is 2. The smallest absolute Gasteiger partial charge is 0.0100 e. The molecule has 0 aliphatic heterocycles. The fourth-order valence-corrected chi connectivity index (χ4v) is 4.07. The molecule has 0 nitrogen and oxygen atoms in total. The molecule has 0 radical (unpaired) electrons. The molecule has 2 aromatic rings. The van der Waals surface area contributed by atoms with E-state index in [1.165, 1.54) is 46.2 Å². The third-order valence-electron chi connectivity index (χ3n) is 6.05. The fraction of sp³-hybridized carbons (Fsp3) is 0.440. The van der Waals surface area contributed by atoms with E-state index >= 15 is 0 Å². The van der Waals surface area contributed by atoms with Gasteiger partial charge in [0, 0.05) is 0 Å². The Labute approximate surface area is 154 Å². The van der Waals surface area contributed by atoms with Crippen molar-refractivity contribution >= 4 is 11.6 Å². The van der Waals surface area contributed by atoms with Crippen molar-refractivity contribution in [1.29, 1.82) is 0 Å². The molecule has 3 rings (SSSR count). The molecule has 2 aromatic carbocycles. The fourth-order valence-electron chi connectivity index (χ4n) is 4.07. The van der Waals surface area contributed by atoms with Crippen molar-refractivity contribution in [2.45, 2.75) is 71.6 Å². The number of fused-ring (bicyclic) bond motifs is 1. The van der Waals surface area contributed by atoms with Crippen LogP contribution < -0.4 is 0 Å². The van der Waals surface area contributed by atoms with E-state index in [-0.39, 0.29) is 10.8 Å². The number of aryl methyl sites for hydroxylation is 1. The molecule has 0 saturated heterocycles. The van der Waals surface area contributed by atoms with Gasteiger partial charge in [0.05, 0.1) is 0 Å². The van der Waals surface area contributed by atoms with Crippen molar-refractivity contribution < 1.29 is 0 Å². The highest BCUT2D eigenvalue weighted by atomic mass is 14.4. The van der Waals surface area contributed by atoms with Gasteiger partial charge in [-0.3, -0.25) is 0 Å². The number of hydrogen-bond donors (Lipinski definition) is 0. The van der Waals surface area contributed by atoms with Crippen LogP contribution in [0.2, 0.25) is 0 Å². The molecule has 0 amide bonds. The van der Waals surface area contributed by atoms with Gasteiger partial charge in [-0.15, -0.1) is 0 Å². The van der Waals surface area contributed by atoms with Crippen LogP contribution in [0, 0.1) is 0 Å². The van der Waals surface area contributed by atoms with E-state index in [1.807, 2.05) is 0 Å². The van der Waals surface area contributed by atoms with Crippen molar-refractivity contribution in [2.75, 3.05) is 0 Å². The maximum absolute atomic E-state index is 2.45. The Morgan fingerprint density at radius 1 is 0.920 bits per heavy atom. The molecule has 1 aliphatic rings. The summed E-state index contributed by atoms with van der Waals surface area (Å²) in [4.78, 5) is 0. The number of rotatable bonds is 3. The van der Waals surface area contributed by atoms with Crippen molar-refractivity contribution in [3.63, 3.8) is 0 Å². The Balaban J connectivity index is 2.02. The highest BCUT2D eigenvalue weighted by Gasteiger charge is 2.36. The van der Waals surface area contributed by atoms with Crippen LogP contribution in [-0.2, 0) is 17.3 Å². The molecular formula is C25H32. The molecule has 0 N–H and O–H groups in total. The summed E-state index contributed by atoms with van der Waals surface area (Å²) in [6.45, 7) is 14.0. The standard InChI is InChI=1S/C25H32/c1-7-19-9-8-10-20(16-19)15-18(2)21-11-12-22-23(17-21)25(5,6)14-13-24(22,3)4/h8-12,15-17H,7,13-14H2,1-6H3. The minimum atomic E-state index is 0.267. The Kier molecular flexibility index (Phi) is 4.66. The number of allylic oxidation sites excluding steroid dienone is 1. The van der Waals surface area contributed by atoms with E-state index in [9.17, 15) is 0 Å². The first kappa shape index (κ1) is 18.0. The normalized spacial score (nSPS) is 18.7. The first-order valence-electron chi connectivity index (χ1n) is 9.65. The monoisotopic (exact) mass is 332 g/mol. The van der Waals surface area contributed by atoms with Crippen LogP contribution in [0.3, 0.4) is 0 Å². The topological polar surface area (TPSA) is 0 Å². The van der Waals surface area contributed by atoms with Gasteiger partial charge in [-0.1, -0.05) is 83.2 Å². The lowest BCUT2D eigenvalue weighted by Crippen LogP contribution is -2.33. The van der Waals surface area contributed by atoms with Gasteiger partial charge in [0.25, 0.3) is 0 Å². The molecular weight excluding hydrogens is 300 g/mol. The Morgan fingerprint density at radius 2 is 1.60 bits per heavy atom. The van der Waals surface area contributed by atoms with Crippen LogP contribution in [0.5, 0.6) is 0 Å². The van der Waals surface area contributed by atoms with E-state index in [0.717, 1.165) is 6.42 Å². The van der Waals surface area contributed by atoms with Crippen molar-refractivity contribution in [1.82, 2.24) is 0 Å². The minimum absolute atomic E-state index is 0.267. The SMILES string of the molecule is CCc1cccc(C=C(C)c2ccc3c(c2)C(C)(C)CCC3(C)C)c1. The second-order valence-corrected chi connectivity index (χ2v) is 8.95. The van der Waals surface area contributed by atoms with Crippen molar-refractivity contribution in [3.05, 3.63) is 70.3 Å². The maximum Gasteiger partial charge on any atom is -0.0100 e. The second kappa shape index (κ2) is 6.48. The van der Waals surface area contributed by atoms with Crippen LogP contribution in [0.15, 0.2) is 42.5 Å². The van der Waals surface area contributed by atoms with Gasteiger partial charge < -0.3 is 0 Å². The van der Waals surface area contributed by atoms with Crippen LogP contribution in [0.4, 0.5) is 0 Å². The van der Waals surface area contributed by atoms with Crippen LogP contribution in [-0.4, -0.2) is 0 Å². The first-order chi connectivity index (χ1) is 11.7. The molecule has 1 aliphatic carbocycles. The Hall–Kier alpha value is -1.82. The molecule has 0 fully saturated rings. The molecule has 0 heteroatoms. The van der Waals surface area contributed by atoms with Gasteiger partial charge >= 0.3 is 0 Å². The zero-order chi connectivity index (χ0) is 18.2. The average Bonchev–Trinajstić information content (AvgIpc) is 2.59. The molecule has 132 valence electrons. The largest absolute Gasteiger partial charge is 0.0614 e. The molecule has 0 spiro atoms. The van der Waals surface area contributed by atoms with Crippen molar-refractivity contribution in [3.8, 4) is 0 Å². The zero-order valence-corrected chi connectivity index (χ0v) is 16.7. The average molecular weight is 333 g/mol. The van der Waals surface area contributed by atoms with Crippen LogP contribution >= 0.6 is 0 Å². The van der Waals surface area contributed by atoms with Gasteiger partial charge in [-0.05, 0) is 70.4 Å². The van der Waals surface area contributed by atoms with Gasteiger partial charge in [-0.25, -0.2) is 0 Å². The summed E-state index contributed by atoms with van der Waals surface area (Å²) in [5.74, 6) is 0. The minimum Gasteiger partial charge on any atom is -0.0614 e. The third kappa shape index (κ3) is 3.59. The maximum atomic E-state index is 2.45. The quantitative estimate of drug-likeness (QED) is 0.523. The summed E-state index contributed by atoms with van der Waals surface area (Å²) in [6.07, 6.45) is 5.94. The second-order valence-electron chi connectivity index (χ2n) is 8.95. The van der Waals surface area contributed by atoms with Gasteiger partial charge in [0.15, 0.2) is 0 Å². The summed E-state index contributed by atoms with van der Waals surface area (Å²) in [6, 6.07) is 16.0. The van der Waals surface area contributed by atoms with E-state index in [4.69, 9.17) is 0 Å². The summed E-state index contributed by atoms with van der Waals surface area (Å²) in [5, 5.41) is 0.